The molecule has 5 saturated carbocycles. The second-order valence-corrected chi connectivity index (χ2v) is 16.8. The highest BCUT2D eigenvalue weighted by Crippen LogP contribution is 2.77. The Labute approximate surface area is 255 Å². The van der Waals surface area contributed by atoms with Gasteiger partial charge in [0.15, 0.2) is 0 Å². The molecule has 1 aromatic carbocycles. The number of allylic oxidation sites excluding steroid dienone is 1. The Morgan fingerprint density at radius 3 is 2.36 bits per heavy atom. The molecule has 3 heteroatoms. The van der Waals surface area contributed by atoms with Crippen molar-refractivity contribution in [3.05, 3.63) is 54.1 Å². The molecule has 6 rings (SSSR count). The van der Waals surface area contributed by atoms with Crippen LogP contribution in [0.2, 0.25) is 0 Å². The van der Waals surface area contributed by atoms with Gasteiger partial charge >= 0.3 is 5.97 Å². The second kappa shape index (κ2) is 10.4. The van der Waals surface area contributed by atoms with Gasteiger partial charge in [-0.3, -0.25) is 0 Å². The summed E-state index contributed by atoms with van der Waals surface area (Å²) in [7, 11) is 0. The molecule has 0 saturated heterocycles. The Morgan fingerprint density at radius 2 is 1.64 bits per heavy atom. The van der Waals surface area contributed by atoms with Crippen LogP contribution in [-0.4, -0.2) is 23.8 Å². The minimum Gasteiger partial charge on any atom is -0.462 e. The van der Waals surface area contributed by atoms with Crippen LogP contribution >= 0.6 is 0 Å². The standard InChI is InChI=1S/C39H56O3/c1-26(2)28-17-22-39(25-42-33(41)16-13-27-11-9-8-10-12-27)24-23-37(6)29(34(28)39)14-15-31-36(5)20-19-32(40)35(3,4)30(36)18-21-38(31,37)7/h8-13,16,28-32,34,40H,1,14-15,17-25H2,2-7H3/b16-13+/t28-,29?,30?,31?,32?,34?,36-,37+,38+,39?/m0/s1. The van der Waals surface area contributed by atoms with Gasteiger partial charge in [-0.1, -0.05) is 77.1 Å². The van der Waals surface area contributed by atoms with Crippen LogP contribution in [0, 0.1) is 56.7 Å². The first-order chi connectivity index (χ1) is 19.8. The fourth-order valence-electron chi connectivity index (χ4n) is 12.5. The lowest BCUT2D eigenvalue weighted by Gasteiger charge is -2.73. The molecule has 230 valence electrons. The minimum absolute atomic E-state index is 0.0108. The number of esters is 1. The van der Waals surface area contributed by atoms with Crippen molar-refractivity contribution in [2.45, 2.75) is 112 Å². The van der Waals surface area contributed by atoms with Gasteiger partial charge < -0.3 is 9.84 Å². The largest absolute Gasteiger partial charge is 0.462 e. The molecular weight excluding hydrogens is 516 g/mol. The van der Waals surface area contributed by atoms with Crippen LogP contribution in [-0.2, 0) is 9.53 Å². The topological polar surface area (TPSA) is 46.5 Å². The molecule has 42 heavy (non-hydrogen) atoms. The highest BCUT2D eigenvalue weighted by molar-refractivity contribution is 5.87. The first-order valence-corrected chi connectivity index (χ1v) is 17.0. The molecule has 0 radical (unpaired) electrons. The van der Waals surface area contributed by atoms with Crippen molar-refractivity contribution in [1.29, 1.82) is 0 Å². The third-order valence-electron chi connectivity index (χ3n) is 14.9. The van der Waals surface area contributed by atoms with Crippen molar-refractivity contribution in [2.24, 2.45) is 56.7 Å². The summed E-state index contributed by atoms with van der Waals surface area (Å²) >= 11 is 0. The third-order valence-corrected chi connectivity index (χ3v) is 14.9. The van der Waals surface area contributed by atoms with E-state index in [9.17, 15) is 9.90 Å². The van der Waals surface area contributed by atoms with E-state index >= 15 is 0 Å². The number of carbonyl (C=O) groups excluding carboxylic acids is 1. The summed E-state index contributed by atoms with van der Waals surface area (Å²) in [6.45, 7) is 20.0. The van der Waals surface area contributed by atoms with E-state index in [1.807, 2.05) is 36.4 Å². The Bertz CT molecular complexity index is 1230. The van der Waals surface area contributed by atoms with Gasteiger partial charge in [-0.25, -0.2) is 4.79 Å². The maximum Gasteiger partial charge on any atom is 0.330 e. The molecule has 5 aliphatic rings. The molecule has 3 nitrogen and oxygen atoms in total. The van der Waals surface area contributed by atoms with Crippen LogP contribution in [0.15, 0.2) is 48.6 Å². The number of benzene rings is 1. The van der Waals surface area contributed by atoms with Crippen molar-refractivity contribution < 1.29 is 14.6 Å². The monoisotopic (exact) mass is 572 g/mol. The van der Waals surface area contributed by atoms with E-state index in [-0.39, 0.29) is 28.3 Å². The molecule has 5 fully saturated rings. The summed E-state index contributed by atoms with van der Waals surface area (Å²) in [6.07, 6.45) is 15.2. The van der Waals surface area contributed by atoms with Crippen molar-refractivity contribution in [1.82, 2.24) is 0 Å². The van der Waals surface area contributed by atoms with Crippen LogP contribution in [0.3, 0.4) is 0 Å². The van der Waals surface area contributed by atoms with E-state index in [0.717, 1.165) is 31.2 Å². The van der Waals surface area contributed by atoms with Crippen LogP contribution in [0.25, 0.3) is 6.08 Å². The third kappa shape index (κ3) is 4.33. The predicted molar refractivity (Wildman–Crippen MR) is 171 cm³/mol. The summed E-state index contributed by atoms with van der Waals surface area (Å²) in [4.78, 5) is 12.9. The van der Waals surface area contributed by atoms with Gasteiger partial charge in [0.25, 0.3) is 0 Å². The quantitative estimate of drug-likeness (QED) is 0.217. The van der Waals surface area contributed by atoms with E-state index in [1.165, 1.54) is 44.1 Å². The molecule has 10 atom stereocenters. The van der Waals surface area contributed by atoms with Crippen LogP contribution < -0.4 is 0 Å². The number of aliphatic hydroxyl groups is 1. The van der Waals surface area contributed by atoms with E-state index in [0.29, 0.717) is 47.0 Å². The Hall–Kier alpha value is -1.87. The number of ether oxygens (including phenoxy) is 1. The minimum atomic E-state index is -0.219. The molecule has 0 amide bonds. The molecule has 0 bridgehead atoms. The summed E-state index contributed by atoms with van der Waals surface area (Å²) < 4.78 is 6.12. The summed E-state index contributed by atoms with van der Waals surface area (Å²) in [5.41, 5.74) is 3.26. The summed E-state index contributed by atoms with van der Waals surface area (Å²) in [6, 6.07) is 9.99. The lowest BCUT2D eigenvalue weighted by Crippen LogP contribution is -2.66. The first kappa shape index (κ1) is 30.2. The number of hydrogen-bond acceptors (Lipinski definition) is 3. The van der Waals surface area contributed by atoms with E-state index in [4.69, 9.17) is 4.74 Å². The fraction of sp³-hybridized carbons (Fsp3) is 0.718. The van der Waals surface area contributed by atoms with Crippen molar-refractivity contribution in [2.75, 3.05) is 6.61 Å². The Morgan fingerprint density at radius 1 is 0.905 bits per heavy atom. The number of rotatable bonds is 5. The lowest BCUT2D eigenvalue weighted by molar-refractivity contribution is -0.249. The first-order valence-electron chi connectivity index (χ1n) is 17.0. The van der Waals surface area contributed by atoms with Gasteiger partial charge in [0.05, 0.1) is 12.7 Å². The van der Waals surface area contributed by atoms with Crippen molar-refractivity contribution in [3.63, 3.8) is 0 Å². The van der Waals surface area contributed by atoms with Crippen molar-refractivity contribution in [3.8, 4) is 0 Å². The molecular formula is C39H56O3. The second-order valence-electron chi connectivity index (χ2n) is 16.8. The molecule has 1 N–H and O–H groups in total. The predicted octanol–water partition coefficient (Wildman–Crippen LogP) is 9.26. The average Bonchev–Trinajstić information content (AvgIpc) is 3.34. The van der Waals surface area contributed by atoms with E-state index in [1.54, 1.807) is 6.08 Å². The zero-order valence-corrected chi connectivity index (χ0v) is 27.3. The van der Waals surface area contributed by atoms with Gasteiger partial charge in [0.1, 0.15) is 0 Å². The normalized spacial score (nSPS) is 45.8. The maximum atomic E-state index is 12.9. The number of fused-ring (bicyclic) bond motifs is 7. The lowest BCUT2D eigenvalue weighted by atomic mass is 9.32. The summed E-state index contributed by atoms with van der Waals surface area (Å²) in [5, 5.41) is 11.0. The highest BCUT2D eigenvalue weighted by atomic mass is 16.5. The molecule has 6 unspecified atom stereocenters. The molecule has 5 aliphatic carbocycles. The summed E-state index contributed by atoms with van der Waals surface area (Å²) in [5.74, 6) is 2.76. The van der Waals surface area contributed by atoms with E-state index in [2.05, 4.69) is 48.1 Å². The maximum absolute atomic E-state index is 12.9. The van der Waals surface area contributed by atoms with Crippen LogP contribution in [0.4, 0.5) is 0 Å². The fourth-order valence-corrected chi connectivity index (χ4v) is 12.5. The Kier molecular flexibility index (Phi) is 7.44. The molecule has 0 aromatic heterocycles. The molecule has 0 heterocycles. The van der Waals surface area contributed by atoms with Gasteiger partial charge in [-0.05, 0) is 134 Å². The van der Waals surface area contributed by atoms with Crippen LogP contribution in [0.5, 0.6) is 0 Å². The van der Waals surface area contributed by atoms with Crippen LogP contribution in [0.1, 0.15) is 111 Å². The molecule has 0 spiro atoms. The Balaban J connectivity index is 1.27. The SMILES string of the molecule is C=C(C)[C@@H]1CCC2(COC(=O)/C=C/c3ccccc3)CC[C@]3(C)C(CCC4[C@@]5(C)CCC(O)C(C)(C)C5CC[C@]43C)C12. The molecule has 1 aromatic rings. The number of aliphatic hydroxyl groups excluding tert-OH is 1. The van der Waals surface area contributed by atoms with Gasteiger partial charge in [-0.15, -0.1) is 0 Å². The van der Waals surface area contributed by atoms with Gasteiger partial charge in [0.2, 0.25) is 0 Å². The smallest absolute Gasteiger partial charge is 0.330 e. The zero-order chi connectivity index (χ0) is 30.1. The van der Waals surface area contributed by atoms with Gasteiger partial charge in [0, 0.05) is 11.5 Å². The van der Waals surface area contributed by atoms with E-state index < -0.39 is 0 Å². The number of hydrogen-bond donors (Lipinski definition) is 1. The van der Waals surface area contributed by atoms with Gasteiger partial charge in [-0.2, -0.15) is 0 Å². The number of carbonyl (C=O) groups is 1. The highest BCUT2D eigenvalue weighted by Gasteiger charge is 2.70. The molecule has 0 aliphatic heterocycles. The zero-order valence-electron chi connectivity index (χ0n) is 27.3. The van der Waals surface area contributed by atoms with Crippen molar-refractivity contribution >= 4 is 12.0 Å². The average molecular weight is 573 g/mol.